The van der Waals surface area contributed by atoms with Gasteiger partial charge in [-0.3, -0.25) is 4.79 Å². The Morgan fingerprint density at radius 1 is 1.33 bits per heavy atom. The quantitative estimate of drug-likeness (QED) is 0.664. The molecule has 0 saturated heterocycles. The normalized spacial score (nSPS) is 15.1. The van der Waals surface area contributed by atoms with Crippen LogP contribution in [0.1, 0.15) is 40.0 Å². The van der Waals surface area contributed by atoms with Crippen LogP contribution in [0.4, 0.5) is 0 Å². The van der Waals surface area contributed by atoms with Gasteiger partial charge in [0.15, 0.2) is 0 Å². The van der Waals surface area contributed by atoms with Gasteiger partial charge in [0.25, 0.3) is 0 Å². The second-order valence-electron chi connectivity index (χ2n) is 4.60. The largest absolute Gasteiger partial charge is 0.469 e. The highest BCUT2D eigenvalue weighted by atomic mass is 16.5. The summed E-state index contributed by atoms with van der Waals surface area (Å²) < 4.78 is 4.79. The summed E-state index contributed by atoms with van der Waals surface area (Å²) in [7, 11) is 1.43. The smallest absolute Gasteiger partial charge is 0.308 e. The molecule has 3 nitrogen and oxygen atoms in total. The van der Waals surface area contributed by atoms with Crippen molar-refractivity contribution in [2.45, 2.75) is 40.0 Å². The number of aliphatic hydroxyl groups excluding tert-OH is 1. The Labute approximate surface area is 92.8 Å². The zero-order valence-electron chi connectivity index (χ0n) is 10.3. The highest BCUT2D eigenvalue weighted by Gasteiger charge is 2.25. The van der Waals surface area contributed by atoms with E-state index in [0.717, 1.165) is 12.8 Å². The lowest BCUT2D eigenvalue weighted by molar-refractivity contribution is -0.147. The summed E-state index contributed by atoms with van der Waals surface area (Å²) in [5.74, 6) is 0.700. The van der Waals surface area contributed by atoms with Crippen LogP contribution in [0.3, 0.4) is 0 Å². The first-order chi connectivity index (χ1) is 7.02. The van der Waals surface area contributed by atoms with Crippen molar-refractivity contribution in [2.24, 2.45) is 17.8 Å². The van der Waals surface area contributed by atoms with Gasteiger partial charge in [0.1, 0.15) is 0 Å². The van der Waals surface area contributed by atoms with E-state index in [1.165, 1.54) is 7.11 Å². The first kappa shape index (κ1) is 14.4. The molecule has 2 atom stereocenters. The van der Waals surface area contributed by atoms with Crippen LogP contribution in [0.25, 0.3) is 0 Å². The molecule has 1 N–H and O–H groups in total. The van der Waals surface area contributed by atoms with Crippen molar-refractivity contribution >= 4 is 5.97 Å². The van der Waals surface area contributed by atoms with Gasteiger partial charge in [0.2, 0.25) is 0 Å². The molecule has 0 radical (unpaired) electrons. The molecule has 0 amide bonds. The van der Waals surface area contributed by atoms with Gasteiger partial charge in [-0.15, -0.1) is 0 Å². The van der Waals surface area contributed by atoms with E-state index >= 15 is 0 Å². The highest BCUT2D eigenvalue weighted by molar-refractivity contribution is 5.72. The van der Waals surface area contributed by atoms with Crippen molar-refractivity contribution in [1.29, 1.82) is 0 Å². The number of hydrogen-bond acceptors (Lipinski definition) is 3. The van der Waals surface area contributed by atoms with Crippen molar-refractivity contribution in [3.63, 3.8) is 0 Å². The van der Waals surface area contributed by atoms with Gasteiger partial charge in [-0.25, -0.2) is 0 Å². The predicted molar refractivity (Wildman–Crippen MR) is 60.4 cm³/mol. The highest BCUT2D eigenvalue weighted by Crippen LogP contribution is 2.25. The Balaban J connectivity index is 4.26. The maximum atomic E-state index is 11.5. The number of hydrogen-bond donors (Lipinski definition) is 1. The third-order valence-electron chi connectivity index (χ3n) is 2.71. The minimum Gasteiger partial charge on any atom is -0.469 e. The molecule has 0 aliphatic rings. The van der Waals surface area contributed by atoms with Gasteiger partial charge in [0, 0.05) is 6.61 Å². The van der Waals surface area contributed by atoms with Crippen LogP contribution in [-0.2, 0) is 9.53 Å². The lowest BCUT2D eigenvalue weighted by atomic mass is 9.84. The minimum atomic E-state index is -0.142. The number of esters is 1. The monoisotopic (exact) mass is 216 g/mol. The molecule has 0 bridgehead atoms. The summed E-state index contributed by atoms with van der Waals surface area (Å²) >= 11 is 0. The Morgan fingerprint density at radius 2 is 1.93 bits per heavy atom. The lowest BCUT2D eigenvalue weighted by Crippen LogP contribution is -2.24. The average molecular weight is 216 g/mol. The molecule has 15 heavy (non-hydrogen) atoms. The standard InChI is InChI=1S/C12H24O3/c1-9(2)8-10(3)11(6-5-7-13)12(14)15-4/h9-11,13H,5-8H2,1-4H3. The van der Waals surface area contributed by atoms with E-state index in [1.54, 1.807) is 0 Å². The molecule has 0 heterocycles. The van der Waals surface area contributed by atoms with Gasteiger partial charge >= 0.3 is 5.97 Å². The van der Waals surface area contributed by atoms with E-state index < -0.39 is 0 Å². The molecular formula is C12H24O3. The topological polar surface area (TPSA) is 46.5 Å². The summed E-state index contributed by atoms with van der Waals surface area (Å²) in [6.07, 6.45) is 2.41. The van der Waals surface area contributed by atoms with E-state index in [9.17, 15) is 4.79 Å². The van der Waals surface area contributed by atoms with Crippen LogP contribution in [0, 0.1) is 17.8 Å². The summed E-state index contributed by atoms with van der Waals surface area (Å²) in [5.41, 5.74) is 0. The summed E-state index contributed by atoms with van der Waals surface area (Å²) in [6, 6.07) is 0. The molecule has 3 heteroatoms. The van der Waals surface area contributed by atoms with E-state index in [1.807, 2.05) is 0 Å². The molecular weight excluding hydrogens is 192 g/mol. The van der Waals surface area contributed by atoms with Crippen LogP contribution in [0.5, 0.6) is 0 Å². The molecule has 0 aromatic carbocycles. The molecule has 2 unspecified atom stereocenters. The molecule has 0 aliphatic heterocycles. The zero-order chi connectivity index (χ0) is 11.8. The first-order valence-corrected chi connectivity index (χ1v) is 5.71. The van der Waals surface area contributed by atoms with Crippen molar-refractivity contribution in [3.05, 3.63) is 0 Å². The molecule has 0 aromatic heterocycles. The SMILES string of the molecule is COC(=O)C(CCCO)C(C)CC(C)C. The molecule has 0 rings (SSSR count). The number of carbonyl (C=O) groups excluding carboxylic acids is 1. The molecule has 0 aromatic rings. The first-order valence-electron chi connectivity index (χ1n) is 5.71. The number of rotatable bonds is 7. The fourth-order valence-corrected chi connectivity index (χ4v) is 2.01. The zero-order valence-corrected chi connectivity index (χ0v) is 10.3. The van der Waals surface area contributed by atoms with Crippen LogP contribution < -0.4 is 0 Å². The Kier molecular flexibility index (Phi) is 7.39. The number of methoxy groups -OCH3 is 1. The van der Waals surface area contributed by atoms with Crippen molar-refractivity contribution in [1.82, 2.24) is 0 Å². The van der Waals surface area contributed by atoms with Crippen LogP contribution in [-0.4, -0.2) is 24.8 Å². The third-order valence-corrected chi connectivity index (χ3v) is 2.71. The number of ether oxygens (including phenoxy) is 1. The van der Waals surface area contributed by atoms with Gasteiger partial charge in [-0.1, -0.05) is 20.8 Å². The second kappa shape index (κ2) is 7.69. The van der Waals surface area contributed by atoms with Crippen molar-refractivity contribution < 1.29 is 14.6 Å². The van der Waals surface area contributed by atoms with Gasteiger partial charge in [-0.2, -0.15) is 0 Å². The minimum absolute atomic E-state index is 0.0652. The number of aliphatic hydroxyl groups is 1. The van der Waals surface area contributed by atoms with Crippen LogP contribution in [0.15, 0.2) is 0 Å². The van der Waals surface area contributed by atoms with Crippen LogP contribution >= 0.6 is 0 Å². The van der Waals surface area contributed by atoms with E-state index in [-0.39, 0.29) is 18.5 Å². The van der Waals surface area contributed by atoms with Crippen LogP contribution in [0.2, 0.25) is 0 Å². The predicted octanol–water partition coefficient (Wildman–Crippen LogP) is 2.23. The van der Waals surface area contributed by atoms with Gasteiger partial charge in [-0.05, 0) is 31.1 Å². The van der Waals surface area contributed by atoms with Crippen molar-refractivity contribution in [2.75, 3.05) is 13.7 Å². The summed E-state index contributed by atoms with van der Waals surface area (Å²) in [4.78, 5) is 11.5. The average Bonchev–Trinajstić information content (AvgIpc) is 2.16. The fraction of sp³-hybridized carbons (Fsp3) is 0.917. The molecule has 0 fully saturated rings. The summed E-state index contributed by atoms with van der Waals surface area (Å²) in [5, 5.41) is 8.78. The molecule has 90 valence electrons. The fourth-order valence-electron chi connectivity index (χ4n) is 2.01. The van der Waals surface area contributed by atoms with E-state index in [0.29, 0.717) is 18.3 Å². The molecule has 0 aliphatic carbocycles. The lowest BCUT2D eigenvalue weighted by Gasteiger charge is -2.22. The van der Waals surface area contributed by atoms with Crippen molar-refractivity contribution in [3.8, 4) is 0 Å². The second-order valence-corrected chi connectivity index (χ2v) is 4.60. The Bertz CT molecular complexity index is 178. The van der Waals surface area contributed by atoms with Gasteiger partial charge in [0.05, 0.1) is 13.0 Å². The Hall–Kier alpha value is -0.570. The third kappa shape index (κ3) is 5.78. The summed E-state index contributed by atoms with van der Waals surface area (Å²) in [6.45, 7) is 6.52. The maximum absolute atomic E-state index is 11.5. The number of carbonyl (C=O) groups is 1. The molecule has 0 saturated carbocycles. The molecule has 0 spiro atoms. The van der Waals surface area contributed by atoms with Gasteiger partial charge < -0.3 is 9.84 Å². The Morgan fingerprint density at radius 3 is 2.33 bits per heavy atom. The van der Waals surface area contributed by atoms with E-state index in [4.69, 9.17) is 9.84 Å². The van der Waals surface area contributed by atoms with E-state index in [2.05, 4.69) is 20.8 Å². The maximum Gasteiger partial charge on any atom is 0.308 e.